The number of carbonyl (C=O) groups excluding carboxylic acids is 1. The lowest BCUT2D eigenvalue weighted by Crippen LogP contribution is -2.36. The maximum Gasteiger partial charge on any atom is 0.414 e. The molecule has 3 rings (SSSR count). The Hall–Kier alpha value is -1.71. The van der Waals surface area contributed by atoms with Crippen molar-refractivity contribution in [2.24, 2.45) is 0 Å². The van der Waals surface area contributed by atoms with E-state index in [4.69, 9.17) is 4.74 Å². The highest BCUT2D eigenvalue weighted by Crippen LogP contribution is 2.35. The summed E-state index contributed by atoms with van der Waals surface area (Å²) < 4.78 is 5.13. The van der Waals surface area contributed by atoms with Gasteiger partial charge in [-0.3, -0.25) is 4.90 Å². The van der Waals surface area contributed by atoms with Crippen molar-refractivity contribution in [1.82, 2.24) is 0 Å². The van der Waals surface area contributed by atoms with E-state index in [0.29, 0.717) is 6.61 Å². The Morgan fingerprint density at radius 1 is 1.39 bits per heavy atom. The first-order valence-corrected chi connectivity index (χ1v) is 6.63. The largest absolute Gasteiger partial charge is 0.449 e. The number of nitrogens with zero attached hydrogens (tertiary/aromatic N) is 1. The molecule has 1 aromatic carbocycles. The molecule has 0 aliphatic carbocycles. The van der Waals surface area contributed by atoms with E-state index in [-0.39, 0.29) is 6.09 Å². The minimum absolute atomic E-state index is 0.218. The lowest BCUT2D eigenvalue weighted by molar-refractivity contribution is 0.159. The summed E-state index contributed by atoms with van der Waals surface area (Å²) in [5, 5.41) is 3.38. The molecule has 4 nitrogen and oxygen atoms in total. The van der Waals surface area contributed by atoms with Crippen molar-refractivity contribution in [2.75, 3.05) is 29.9 Å². The topological polar surface area (TPSA) is 41.6 Å². The van der Waals surface area contributed by atoms with Gasteiger partial charge in [0, 0.05) is 18.8 Å². The van der Waals surface area contributed by atoms with Gasteiger partial charge in [0.05, 0.1) is 12.3 Å². The van der Waals surface area contributed by atoms with Crippen molar-refractivity contribution < 1.29 is 9.53 Å². The number of carbonyl (C=O) groups is 1. The number of benzene rings is 1. The lowest BCUT2D eigenvalue weighted by atomic mass is 9.98. The minimum atomic E-state index is -0.218. The Balaban J connectivity index is 1.97. The normalized spacial score (nSPS) is 16.8. The molecule has 0 saturated heterocycles. The monoisotopic (exact) mass is 246 g/mol. The summed E-state index contributed by atoms with van der Waals surface area (Å²) in [6, 6.07) is 4.35. The number of ether oxygens (including phenoxy) is 1. The van der Waals surface area contributed by atoms with E-state index >= 15 is 0 Å². The van der Waals surface area contributed by atoms with E-state index in [2.05, 4.69) is 17.4 Å². The number of aryl methyl sites for hydroxylation is 1. The standard InChI is InChI=1S/C14H18N2O2/c1-2-18-14(17)16-7-3-4-11-8-12-10(5-6-15-12)9-13(11)16/h8-9,15H,2-7H2,1H3. The zero-order valence-electron chi connectivity index (χ0n) is 10.7. The number of hydrogen-bond acceptors (Lipinski definition) is 3. The number of fused-ring (bicyclic) bond motifs is 2. The first-order chi connectivity index (χ1) is 8.79. The molecule has 1 aromatic rings. The van der Waals surface area contributed by atoms with Gasteiger partial charge in [0.25, 0.3) is 0 Å². The lowest BCUT2D eigenvalue weighted by Gasteiger charge is -2.29. The number of rotatable bonds is 1. The molecular formula is C14H18N2O2. The molecule has 0 bridgehead atoms. The zero-order chi connectivity index (χ0) is 12.5. The van der Waals surface area contributed by atoms with Crippen LogP contribution in [0.2, 0.25) is 0 Å². The average molecular weight is 246 g/mol. The maximum absolute atomic E-state index is 11.9. The van der Waals surface area contributed by atoms with E-state index in [1.54, 1.807) is 4.90 Å². The molecule has 1 N–H and O–H groups in total. The quantitative estimate of drug-likeness (QED) is 0.828. The second-order valence-electron chi connectivity index (χ2n) is 4.77. The fourth-order valence-electron chi connectivity index (χ4n) is 2.77. The summed E-state index contributed by atoms with van der Waals surface area (Å²) in [7, 11) is 0. The Labute approximate surface area is 107 Å². The number of nitrogens with one attached hydrogen (secondary N) is 1. The summed E-state index contributed by atoms with van der Waals surface area (Å²) in [5.74, 6) is 0. The second-order valence-corrected chi connectivity index (χ2v) is 4.77. The SMILES string of the molecule is CCOC(=O)N1CCCc2cc3c(cc21)CCN3. The van der Waals surface area contributed by atoms with Gasteiger partial charge in [0.1, 0.15) is 0 Å². The van der Waals surface area contributed by atoms with E-state index in [0.717, 1.165) is 38.0 Å². The maximum atomic E-state index is 11.9. The van der Waals surface area contributed by atoms with E-state index in [1.165, 1.54) is 16.8 Å². The fraction of sp³-hybridized carbons (Fsp3) is 0.500. The van der Waals surface area contributed by atoms with Crippen molar-refractivity contribution >= 4 is 17.5 Å². The number of amides is 1. The predicted molar refractivity (Wildman–Crippen MR) is 71.3 cm³/mol. The molecule has 0 atom stereocenters. The van der Waals surface area contributed by atoms with Crippen molar-refractivity contribution in [3.63, 3.8) is 0 Å². The third-order valence-electron chi connectivity index (χ3n) is 3.62. The summed E-state index contributed by atoms with van der Waals surface area (Å²) >= 11 is 0. The summed E-state index contributed by atoms with van der Waals surface area (Å²) in [4.78, 5) is 13.7. The van der Waals surface area contributed by atoms with Gasteiger partial charge in [-0.25, -0.2) is 4.79 Å². The Morgan fingerprint density at radius 2 is 2.28 bits per heavy atom. The highest BCUT2D eigenvalue weighted by Gasteiger charge is 2.25. The predicted octanol–water partition coefficient (Wildman–Crippen LogP) is 2.56. The first kappa shape index (κ1) is 11.4. The van der Waals surface area contributed by atoms with Gasteiger partial charge >= 0.3 is 6.09 Å². The Bertz CT molecular complexity index is 485. The van der Waals surface area contributed by atoms with Gasteiger partial charge in [-0.2, -0.15) is 0 Å². The zero-order valence-corrected chi connectivity index (χ0v) is 10.7. The van der Waals surface area contributed by atoms with Crippen LogP contribution in [-0.4, -0.2) is 25.8 Å². The van der Waals surface area contributed by atoms with Crippen LogP contribution in [0.4, 0.5) is 16.2 Å². The number of hydrogen-bond donors (Lipinski definition) is 1. The highest BCUT2D eigenvalue weighted by molar-refractivity contribution is 5.90. The molecule has 0 spiro atoms. The molecule has 0 aromatic heterocycles. The molecule has 18 heavy (non-hydrogen) atoms. The van der Waals surface area contributed by atoms with Crippen molar-refractivity contribution in [3.8, 4) is 0 Å². The van der Waals surface area contributed by atoms with Gasteiger partial charge in [0.2, 0.25) is 0 Å². The molecule has 4 heteroatoms. The van der Waals surface area contributed by atoms with Crippen LogP contribution in [-0.2, 0) is 17.6 Å². The molecule has 0 fully saturated rings. The third kappa shape index (κ3) is 1.82. The molecule has 2 heterocycles. The van der Waals surface area contributed by atoms with Gasteiger partial charge in [0.15, 0.2) is 0 Å². The Morgan fingerprint density at radius 3 is 3.11 bits per heavy atom. The van der Waals surface area contributed by atoms with Gasteiger partial charge in [-0.15, -0.1) is 0 Å². The van der Waals surface area contributed by atoms with E-state index in [1.807, 2.05) is 6.92 Å². The van der Waals surface area contributed by atoms with Crippen molar-refractivity contribution in [3.05, 3.63) is 23.3 Å². The highest BCUT2D eigenvalue weighted by atomic mass is 16.6. The van der Waals surface area contributed by atoms with Crippen LogP contribution < -0.4 is 10.2 Å². The van der Waals surface area contributed by atoms with Crippen LogP contribution in [0.5, 0.6) is 0 Å². The van der Waals surface area contributed by atoms with Gasteiger partial charge in [-0.05, 0) is 49.4 Å². The summed E-state index contributed by atoms with van der Waals surface area (Å²) in [6.45, 7) is 4.03. The number of anilines is 2. The fourth-order valence-corrected chi connectivity index (χ4v) is 2.77. The molecule has 96 valence electrons. The van der Waals surface area contributed by atoms with Crippen LogP contribution in [0, 0.1) is 0 Å². The summed E-state index contributed by atoms with van der Waals surface area (Å²) in [5.41, 5.74) is 4.84. The molecule has 2 aliphatic rings. The van der Waals surface area contributed by atoms with E-state index in [9.17, 15) is 4.79 Å². The molecule has 2 aliphatic heterocycles. The van der Waals surface area contributed by atoms with Crippen molar-refractivity contribution in [2.45, 2.75) is 26.2 Å². The van der Waals surface area contributed by atoms with Gasteiger partial charge in [-0.1, -0.05) is 0 Å². The van der Waals surface area contributed by atoms with E-state index < -0.39 is 0 Å². The molecular weight excluding hydrogens is 228 g/mol. The molecule has 0 unspecified atom stereocenters. The molecule has 0 saturated carbocycles. The first-order valence-electron chi connectivity index (χ1n) is 6.63. The summed E-state index contributed by atoms with van der Waals surface area (Å²) in [6.07, 6.45) is 2.87. The van der Waals surface area contributed by atoms with Crippen LogP contribution in [0.1, 0.15) is 24.5 Å². The van der Waals surface area contributed by atoms with Gasteiger partial charge < -0.3 is 10.1 Å². The van der Waals surface area contributed by atoms with Crippen LogP contribution in [0.25, 0.3) is 0 Å². The van der Waals surface area contributed by atoms with Crippen LogP contribution in [0.15, 0.2) is 12.1 Å². The minimum Gasteiger partial charge on any atom is -0.449 e. The third-order valence-corrected chi connectivity index (χ3v) is 3.62. The Kier molecular flexibility index (Phi) is 2.86. The second kappa shape index (κ2) is 4.52. The average Bonchev–Trinajstić information content (AvgIpc) is 2.82. The smallest absolute Gasteiger partial charge is 0.414 e. The molecule has 1 amide bonds. The van der Waals surface area contributed by atoms with Crippen LogP contribution in [0.3, 0.4) is 0 Å². The van der Waals surface area contributed by atoms with Crippen molar-refractivity contribution in [1.29, 1.82) is 0 Å². The van der Waals surface area contributed by atoms with Crippen LogP contribution >= 0.6 is 0 Å². The molecule has 0 radical (unpaired) electrons.